The summed E-state index contributed by atoms with van der Waals surface area (Å²) in [5, 5.41) is 9.24. The van der Waals surface area contributed by atoms with Gasteiger partial charge in [-0.05, 0) is 30.4 Å². The minimum Gasteiger partial charge on any atom is -0.483 e. The van der Waals surface area contributed by atoms with E-state index in [1.54, 1.807) is 11.8 Å². The minimum absolute atomic E-state index is 0.0667. The molecule has 1 heterocycles. The van der Waals surface area contributed by atoms with Gasteiger partial charge in [-0.1, -0.05) is 39.0 Å². The molecule has 1 fully saturated rings. The first kappa shape index (κ1) is 17.3. The highest BCUT2D eigenvalue weighted by molar-refractivity contribution is 5.81. The van der Waals surface area contributed by atoms with E-state index in [1.165, 1.54) is 0 Å². The van der Waals surface area contributed by atoms with Crippen molar-refractivity contribution < 1.29 is 19.4 Å². The molecule has 5 heteroatoms. The number of nitrogens with zero attached hydrogens (tertiary/aromatic N) is 1. The number of benzene rings is 1. The lowest BCUT2D eigenvalue weighted by atomic mass is 9.86. The van der Waals surface area contributed by atoms with Crippen LogP contribution in [0.5, 0.6) is 5.75 Å². The summed E-state index contributed by atoms with van der Waals surface area (Å²) in [4.78, 5) is 25.1. The summed E-state index contributed by atoms with van der Waals surface area (Å²) < 4.78 is 5.73. The Morgan fingerprint density at radius 3 is 2.52 bits per heavy atom. The molecule has 2 rings (SSSR count). The van der Waals surface area contributed by atoms with Crippen molar-refractivity contribution in [2.75, 3.05) is 19.7 Å². The molecule has 0 radical (unpaired) electrons. The Bertz CT molecular complexity index is 605. The van der Waals surface area contributed by atoms with Crippen LogP contribution in [0.25, 0.3) is 0 Å². The number of carbonyl (C=O) groups excluding carboxylic acids is 1. The van der Waals surface area contributed by atoms with Crippen molar-refractivity contribution in [3.63, 3.8) is 0 Å². The zero-order valence-electron chi connectivity index (χ0n) is 14.3. The number of ether oxygens (including phenoxy) is 1. The van der Waals surface area contributed by atoms with E-state index in [-0.39, 0.29) is 24.5 Å². The Labute approximate surface area is 137 Å². The highest BCUT2D eigenvalue weighted by Crippen LogP contribution is 2.32. The van der Waals surface area contributed by atoms with Gasteiger partial charge in [0.1, 0.15) is 5.75 Å². The van der Waals surface area contributed by atoms with Crippen LogP contribution in [0, 0.1) is 5.41 Å². The lowest BCUT2D eigenvalue weighted by Crippen LogP contribution is -2.37. The van der Waals surface area contributed by atoms with E-state index in [0.717, 1.165) is 5.56 Å². The van der Waals surface area contributed by atoms with Crippen LogP contribution in [0.15, 0.2) is 24.3 Å². The van der Waals surface area contributed by atoms with E-state index in [1.807, 2.05) is 24.3 Å². The molecule has 1 aliphatic heterocycles. The Morgan fingerprint density at radius 2 is 1.96 bits per heavy atom. The molecule has 23 heavy (non-hydrogen) atoms. The van der Waals surface area contributed by atoms with Gasteiger partial charge in [0.25, 0.3) is 5.91 Å². The topological polar surface area (TPSA) is 66.8 Å². The fourth-order valence-corrected chi connectivity index (χ4v) is 2.79. The molecule has 1 atom stereocenters. The monoisotopic (exact) mass is 319 g/mol. The summed E-state index contributed by atoms with van der Waals surface area (Å²) in [7, 11) is 0. The third-order valence-electron chi connectivity index (χ3n) is 4.39. The van der Waals surface area contributed by atoms with Crippen LogP contribution in [0.3, 0.4) is 0 Å². The second-order valence-corrected chi connectivity index (χ2v) is 7.47. The molecule has 0 bridgehead atoms. The van der Waals surface area contributed by atoms with Crippen LogP contribution >= 0.6 is 0 Å². The van der Waals surface area contributed by atoms with Crippen LogP contribution in [-0.2, 0) is 15.0 Å². The van der Waals surface area contributed by atoms with Crippen LogP contribution in [0.1, 0.15) is 39.7 Å². The van der Waals surface area contributed by atoms with E-state index in [0.29, 0.717) is 18.7 Å². The van der Waals surface area contributed by atoms with Crippen LogP contribution < -0.4 is 4.74 Å². The van der Waals surface area contributed by atoms with Gasteiger partial charge in [0.05, 0.1) is 5.41 Å². The highest BCUT2D eigenvalue weighted by atomic mass is 16.5. The van der Waals surface area contributed by atoms with Gasteiger partial charge in [-0.2, -0.15) is 0 Å². The summed E-state index contributed by atoms with van der Waals surface area (Å²) in [5.74, 6) is -0.320. The Hall–Kier alpha value is -2.04. The van der Waals surface area contributed by atoms with E-state index in [4.69, 9.17) is 4.74 Å². The summed E-state index contributed by atoms with van der Waals surface area (Å²) in [5.41, 5.74) is 0.123. The number of likely N-dealkylation sites (tertiary alicyclic amines) is 1. The molecule has 0 aromatic heterocycles. The Balaban J connectivity index is 2.00. The molecule has 1 unspecified atom stereocenters. The predicted molar refractivity (Wildman–Crippen MR) is 87.6 cm³/mol. The normalized spacial score (nSPS) is 21.3. The number of carbonyl (C=O) groups is 2. The largest absolute Gasteiger partial charge is 0.483 e. The standard InChI is InChI=1S/C18H25NO4/c1-17(2,3)13-7-5-6-8-14(13)23-11-15(20)19-10-9-18(4,12-19)16(21)22/h5-8H,9-12H2,1-4H3,(H,21,22). The molecule has 0 saturated carbocycles. The van der Waals surface area contributed by atoms with Gasteiger partial charge < -0.3 is 14.7 Å². The third kappa shape index (κ3) is 3.84. The molecule has 1 aliphatic rings. The molecule has 5 nitrogen and oxygen atoms in total. The molecule has 0 aliphatic carbocycles. The van der Waals surface area contributed by atoms with Gasteiger partial charge in [0.2, 0.25) is 0 Å². The molecule has 1 amide bonds. The second kappa shape index (κ2) is 6.22. The maximum Gasteiger partial charge on any atom is 0.311 e. The number of amides is 1. The van der Waals surface area contributed by atoms with Crippen molar-refractivity contribution >= 4 is 11.9 Å². The lowest BCUT2D eigenvalue weighted by Gasteiger charge is -2.24. The molecule has 1 N–H and O–H groups in total. The zero-order chi connectivity index (χ0) is 17.3. The van der Waals surface area contributed by atoms with Gasteiger partial charge in [-0.25, -0.2) is 0 Å². The lowest BCUT2D eigenvalue weighted by molar-refractivity contribution is -0.147. The Morgan fingerprint density at radius 1 is 1.30 bits per heavy atom. The smallest absolute Gasteiger partial charge is 0.311 e. The summed E-state index contributed by atoms with van der Waals surface area (Å²) in [6.07, 6.45) is 0.479. The molecule has 1 aromatic rings. The predicted octanol–water partition coefficient (Wildman–Crippen LogP) is 2.69. The van der Waals surface area contributed by atoms with Crippen molar-refractivity contribution in [1.82, 2.24) is 4.90 Å². The number of hydrogen-bond donors (Lipinski definition) is 1. The summed E-state index contributed by atoms with van der Waals surface area (Å²) >= 11 is 0. The number of hydrogen-bond acceptors (Lipinski definition) is 3. The summed E-state index contributed by atoms with van der Waals surface area (Å²) in [6, 6.07) is 7.69. The Kier molecular flexibility index (Phi) is 4.68. The van der Waals surface area contributed by atoms with Crippen molar-refractivity contribution in [1.29, 1.82) is 0 Å². The van der Waals surface area contributed by atoms with Crippen LogP contribution in [0.4, 0.5) is 0 Å². The molecule has 126 valence electrons. The third-order valence-corrected chi connectivity index (χ3v) is 4.39. The first-order valence-electron chi connectivity index (χ1n) is 7.87. The average Bonchev–Trinajstić information content (AvgIpc) is 2.88. The van der Waals surface area contributed by atoms with Crippen LogP contribution in [0.2, 0.25) is 0 Å². The van der Waals surface area contributed by atoms with Crippen molar-refractivity contribution in [3.8, 4) is 5.75 Å². The molecule has 1 aromatic carbocycles. The average molecular weight is 319 g/mol. The fourth-order valence-electron chi connectivity index (χ4n) is 2.79. The van der Waals surface area contributed by atoms with E-state index >= 15 is 0 Å². The van der Waals surface area contributed by atoms with E-state index < -0.39 is 11.4 Å². The number of rotatable bonds is 4. The number of aliphatic carboxylic acids is 1. The molecular formula is C18H25NO4. The molecule has 0 spiro atoms. The minimum atomic E-state index is -0.855. The van der Waals surface area contributed by atoms with Gasteiger partial charge in [-0.3, -0.25) is 9.59 Å². The van der Waals surface area contributed by atoms with Gasteiger partial charge in [0, 0.05) is 13.1 Å². The van der Waals surface area contributed by atoms with Crippen LogP contribution in [-0.4, -0.2) is 41.6 Å². The van der Waals surface area contributed by atoms with Crippen molar-refractivity contribution in [2.45, 2.75) is 39.5 Å². The second-order valence-electron chi connectivity index (χ2n) is 7.47. The maximum atomic E-state index is 12.3. The summed E-state index contributed by atoms with van der Waals surface area (Å²) in [6.45, 7) is 8.60. The highest BCUT2D eigenvalue weighted by Gasteiger charge is 2.42. The fraction of sp³-hybridized carbons (Fsp3) is 0.556. The van der Waals surface area contributed by atoms with Gasteiger partial charge >= 0.3 is 5.97 Å². The first-order valence-corrected chi connectivity index (χ1v) is 7.87. The molecule has 1 saturated heterocycles. The maximum absolute atomic E-state index is 12.3. The van der Waals surface area contributed by atoms with E-state index in [9.17, 15) is 14.7 Å². The first-order chi connectivity index (χ1) is 10.6. The SMILES string of the molecule is CC1(C(=O)O)CCN(C(=O)COc2ccccc2C(C)(C)C)C1. The zero-order valence-corrected chi connectivity index (χ0v) is 14.3. The number of carboxylic acids is 1. The van der Waals surface area contributed by atoms with Gasteiger partial charge in [0.15, 0.2) is 6.61 Å². The number of carboxylic acid groups (broad SMARTS) is 1. The quantitative estimate of drug-likeness (QED) is 0.926. The van der Waals surface area contributed by atoms with E-state index in [2.05, 4.69) is 20.8 Å². The van der Waals surface area contributed by atoms with Crippen molar-refractivity contribution in [3.05, 3.63) is 29.8 Å². The molecular weight excluding hydrogens is 294 g/mol. The van der Waals surface area contributed by atoms with Gasteiger partial charge in [-0.15, -0.1) is 0 Å². The van der Waals surface area contributed by atoms with Crippen molar-refractivity contribution in [2.24, 2.45) is 5.41 Å². The number of para-hydroxylation sites is 1.